The maximum absolute atomic E-state index is 11.5. The molecule has 1 unspecified atom stereocenters. The topological polar surface area (TPSA) is 71.2 Å². The third kappa shape index (κ3) is 2.61. The first kappa shape index (κ1) is 12.8. The molecule has 2 rings (SSSR count). The lowest BCUT2D eigenvalue weighted by atomic mass is 10.1. The Kier molecular flexibility index (Phi) is 3.81. The molecule has 1 aliphatic rings. The van der Waals surface area contributed by atoms with Crippen molar-refractivity contribution in [1.82, 2.24) is 10.3 Å². The van der Waals surface area contributed by atoms with Gasteiger partial charge in [0.15, 0.2) is 0 Å². The zero-order valence-corrected chi connectivity index (χ0v) is 10.9. The first-order valence-corrected chi connectivity index (χ1v) is 6.29. The summed E-state index contributed by atoms with van der Waals surface area (Å²) in [5, 5.41) is 3.43. The van der Waals surface area contributed by atoms with Crippen LogP contribution in [0.25, 0.3) is 0 Å². The zero-order chi connectivity index (χ0) is 13.1. The summed E-state index contributed by atoms with van der Waals surface area (Å²) < 4.78 is 0. The quantitative estimate of drug-likeness (QED) is 0.822. The van der Waals surface area contributed by atoms with Crippen LogP contribution >= 0.6 is 0 Å². The predicted octanol–water partition coefficient (Wildman–Crippen LogP) is 0.677. The summed E-state index contributed by atoms with van der Waals surface area (Å²) in [7, 11) is 1.95. The monoisotopic (exact) mass is 248 g/mol. The number of nitrogens with zero attached hydrogens (tertiary/aromatic N) is 2. The van der Waals surface area contributed by atoms with Gasteiger partial charge in [0.1, 0.15) is 5.82 Å². The van der Waals surface area contributed by atoms with Crippen molar-refractivity contribution in [2.24, 2.45) is 5.73 Å². The van der Waals surface area contributed by atoms with Crippen LogP contribution in [0.4, 0.5) is 5.82 Å². The molecule has 0 aliphatic carbocycles. The largest absolute Gasteiger partial charge is 0.365 e. The molecular weight excluding hydrogens is 228 g/mol. The van der Waals surface area contributed by atoms with Gasteiger partial charge in [-0.3, -0.25) is 4.79 Å². The number of amides is 1. The number of aromatic nitrogens is 1. The summed E-state index contributed by atoms with van der Waals surface area (Å²) in [6.07, 6.45) is 4.10. The van der Waals surface area contributed by atoms with Gasteiger partial charge in [0.2, 0.25) is 0 Å². The van der Waals surface area contributed by atoms with E-state index in [0.717, 1.165) is 18.7 Å². The van der Waals surface area contributed by atoms with Crippen LogP contribution in [0.5, 0.6) is 0 Å². The molecule has 5 heteroatoms. The smallest absolute Gasteiger partial charge is 0.252 e. The van der Waals surface area contributed by atoms with Crippen molar-refractivity contribution in [1.29, 1.82) is 0 Å². The molecular formula is C13H20N4O. The summed E-state index contributed by atoms with van der Waals surface area (Å²) in [4.78, 5) is 17.8. The minimum Gasteiger partial charge on any atom is -0.365 e. The second kappa shape index (κ2) is 5.35. The average Bonchev–Trinajstić information content (AvgIpc) is 2.80. The fraction of sp³-hybridized carbons (Fsp3) is 0.538. The Bertz CT molecular complexity index is 441. The van der Waals surface area contributed by atoms with Crippen molar-refractivity contribution in [3.8, 4) is 0 Å². The highest BCUT2D eigenvalue weighted by Crippen LogP contribution is 2.20. The molecule has 0 saturated carbocycles. The maximum atomic E-state index is 11.5. The van der Waals surface area contributed by atoms with Gasteiger partial charge in [0.25, 0.3) is 5.91 Å². The predicted molar refractivity (Wildman–Crippen MR) is 71.8 cm³/mol. The van der Waals surface area contributed by atoms with E-state index in [9.17, 15) is 4.79 Å². The SMILES string of the molecule is Cc1ccnc(N(C)CC2CCCN2)c1C(N)=O. The Hall–Kier alpha value is -1.62. The lowest BCUT2D eigenvalue weighted by molar-refractivity contribution is 0.1000. The molecule has 0 spiro atoms. The highest BCUT2D eigenvalue weighted by molar-refractivity contribution is 5.99. The summed E-state index contributed by atoms with van der Waals surface area (Å²) in [6.45, 7) is 3.80. The Balaban J connectivity index is 2.20. The van der Waals surface area contributed by atoms with E-state index in [4.69, 9.17) is 5.73 Å². The fourth-order valence-corrected chi connectivity index (χ4v) is 2.47. The first-order valence-electron chi connectivity index (χ1n) is 6.29. The van der Waals surface area contributed by atoms with Gasteiger partial charge in [-0.25, -0.2) is 4.98 Å². The van der Waals surface area contributed by atoms with Gasteiger partial charge in [-0.15, -0.1) is 0 Å². The number of carbonyl (C=O) groups is 1. The molecule has 1 aliphatic heterocycles. The highest BCUT2D eigenvalue weighted by Gasteiger charge is 2.20. The van der Waals surface area contributed by atoms with Crippen LogP contribution in [-0.4, -0.2) is 37.1 Å². The number of primary amides is 1. The minimum atomic E-state index is -0.415. The van der Waals surface area contributed by atoms with Crippen LogP contribution in [-0.2, 0) is 0 Å². The molecule has 18 heavy (non-hydrogen) atoms. The number of aryl methyl sites for hydroxylation is 1. The van der Waals surface area contributed by atoms with E-state index in [1.165, 1.54) is 12.8 Å². The molecule has 0 bridgehead atoms. The Morgan fingerprint density at radius 1 is 1.67 bits per heavy atom. The summed E-state index contributed by atoms with van der Waals surface area (Å²) >= 11 is 0. The molecule has 1 atom stereocenters. The lowest BCUT2D eigenvalue weighted by Gasteiger charge is -2.24. The van der Waals surface area contributed by atoms with Crippen molar-refractivity contribution in [2.75, 3.05) is 25.0 Å². The summed E-state index contributed by atoms with van der Waals surface area (Å²) in [6, 6.07) is 2.28. The van der Waals surface area contributed by atoms with Gasteiger partial charge in [-0.2, -0.15) is 0 Å². The number of nitrogens with one attached hydrogen (secondary N) is 1. The number of pyridine rings is 1. The minimum absolute atomic E-state index is 0.415. The number of rotatable bonds is 4. The lowest BCUT2D eigenvalue weighted by Crippen LogP contribution is -2.36. The highest BCUT2D eigenvalue weighted by atomic mass is 16.1. The molecule has 1 aromatic rings. The third-order valence-electron chi connectivity index (χ3n) is 3.40. The molecule has 0 radical (unpaired) electrons. The molecule has 3 N–H and O–H groups in total. The molecule has 0 aromatic carbocycles. The zero-order valence-electron chi connectivity index (χ0n) is 10.9. The molecule has 1 saturated heterocycles. The van der Waals surface area contributed by atoms with Crippen LogP contribution in [0, 0.1) is 6.92 Å². The Morgan fingerprint density at radius 2 is 2.44 bits per heavy atom. The molecule has 2 heterocycles. The first-order chi connectivity index (χ1) is 8.59. The van der Waals surface area contributed by atoms with E-state index >= 15 is 0 Å². The average molecular weight is 248 g/mol. The number of carbonyl (C=O) groups excluding carboxylic acids is 1. The Labute approximate surface area is 107 Å². The summed E-state index contributed by atoms with van der Waals surface area (Å²) in [5.41, 5.74) is 6.84. The van der Waals surface area contributed by atoms with Gasteiger partial charge in [0, 0.05) is 25.8 Å². The van der Waals surface area contributed by atoms with Crippen LogP contribution in [0.1, 0.15) is 28.8 Å². The maximum Gasteiger partial charge on any atom is 0.252 e. The van der Waals surface area contributed by atoms with E-state index in [1.807, 2.05) is 24.9 Å². The van der Waals surface area contributed by atoms with E-state index in [1.54, 1.807) is 6.20 Å². The van der Waals surface area contributed by atoms with Crippen LogP contribution in [0.15, 0.2) is 12.3 Å². The van der Waals surface area contributed by atoms with E-state index in [0.29, 0.717) is 17.4 Å². The molecule has 1 amide bonds. The van der Waals surface area contributed by atoms with Crippen molar-refractivity contribution >= 4 is 11.7 Å². The Morgan fingerprint density at radius 3 is 3.06 bits per heavy atom. The van der Waals surface area contributed by atoms with Crippen molar-refractivity contribution < 1.29 is 4.79 Å². The van der Waals surface area contributed by atoms with E-state index in [-0.39, 0.29) is 0 Å². The van der Waals surface area contributed by atoms with Gasteiger partial charge in [-0.1, -0.05) is 0 Å². The standard InChI is InChI=1S/C13H20N4O/c1-9-5-7-16-13(11(9)12(14)18)17(2)8-10-4-3-6-15-10/h5,7,10,15H,3-4,6,8H2,1-2H3,(H2,14,18). The number of likely N-dealkylation sites (N-methyl/N-ethyl adjacent to an activating group) is 1. The van der Waals surface area contributed by atoms with Crippen molar-refractivity contribution in [3.05, 3.63) is 23.4 Å². The number of hydrogen-bond donors (Lipinski definition) is 2. The second-order valence-corrected chi connectivity index (χ2v) is 4.86. The van der Waals surface area contributed by atoms with Gasteiger partial charge >= 0.3 is 0 Å². The molecule has 5 nitrogen and oxygen atoms in total. The van der Waals surface area contributed by atoms with Crippen LogP contribution in [0.2, 0.25) is 0 Å². The number of anilines is 1. The van der Waals surface area contributed by atoms with Crippen LogP contribution in [0.3, 0.4) is 0 Å². The van der Waals surface area contributed by atoms with Crippen LogP contribution < -0.4 is 16.0 Å². The van der Waals surface area contributed by atoms with Gasteiger partial charge < -0.3 is 16.0 Å². The molecule has 98 valence electrons. The second-order valence-electron chi connectivity index (χ2n) is 4.86. The third-order valence-corrected chi connectivity index (χ3v) is 3.40. The molecule has 1 aromatic heterocycles. The number of hydrogen-bond acceptors (Lipinski definition) is 4. The fourth-order valence-electron chi connectivity index (χ4n) is 2.47. The van der Waals surface area contributed by atoms with E-state index in [2.05, 4.69) is 10.3 Å². The number of nitrogens with two attached hydrogens (primary N) is 1. The molecule has 1 fully saturated rings. The van der Waals surface area contributed by atoms with Crippen molar-refractivity contribution in [3.63, 3.8) is 0 Å². The van der Waals surface area contributed by atoms with Gasteiger partial charge in [0.05, 0.1) is 5.56 Å². The van der Waals surface area contributed by atoms with Crippen molar-refractivity contribution in [2.45, 2.75) is 25.8 Å². The normalized spacial score (nSPS) is 18.9. The summed E-state index contributed by atoms with van der Waals surface area (Å²) in [5.74, 6) is 0.262. The van der Waals surface area contributed by atoms with Gasteiger partial charge in [-0.05, 0) is 37.9 Å². The van der Waals surface area contributed by atoms with E-state index < -0.39 is 5.91 Å².